The molecule has 8 nitrogen and oxygen atoms in total. The van der Waals surface area contributed by atoms with E-state index in [2.05, 4.69) is 10.2 Å². The second kappa shape index (κ2) is 6.75. The Bertz CT molecular complexity index is 746. The first-order chi connectivity index (χ1) is 11.5. The molecule has 1 aliphatic heterocycles. The monoisotopic (exact) mass is 334 g/mol. The van der Waals surface area contributed by atoms with Gasteiger partial charge in [0.1, 0.15) is 5.82 Å². The molecule has 1 saturated heterocycles. The number of carboxylic acid groups (broad SMARTS) is 1. The van der Waals surface area contributed by atoms with Gasteiger partial charge >= 0.3 is 5.97 Å². The molecule has 1 fully saturated rings. The van der Waals surface area contributed by atoms with Crippen LogP contribution in [0.2, 0.25) is 0 Å². The maximum Gasteiger partial charge on any atom is 0.306 e. The van der Waals surface area contributed by atoms with Crippen LogP contribution in [0.1, 0.15) is 16.9 Å². The van der Waals surface area contributed by atoms with E-state index in [-0.39, 0.29) is 37.0 Å². The van der Waals surface area contributed by atoms with E-state index in [1.54, 1.807) is 0 Å². The Kier molecular flexibility index (Phi) is 4.52. The van der Waals surface area contributed by atoms with E-state index in [0.29, 0.717) is 12.2 Å². The van der Waals surface area contributed by atoms with Crippen LogP contribution in [0.4, 0.5) is 4.39 Å². The van der Waals surface area contributed by atoms with Crippen molar-refractivity contribution < 1.29 is 23.8 Å². The Morgan fingerprint density at radius 1 is 1.33 bits per heavy atom. The first kappa shape index (κ1) is 16.1. The number of nitrogens with zero attached hydrogens (tertiary/aromatic N) is 4. The molecule has 126 valence electrons. The molecule has 1 amide bonds. The van der Waals surface area contributed by atoms with E-state index in [1.165, 1.54) is 40.2 Å². The van der Waals surface area contributed by atoms with E-state index in [0.717, 1.165) is 0 Å². The fraction of sp³-hybridized carbons (Fsp3) is 0.333. The molecule has 1 aromatic heterocycles. The van der Waals surface area contributed by atoms with Crippen molar-refractivity contribution in [2.24, 2.45) is 0 Å². The number of carbonyl (C=O) groups is 2. The smallest absolute Gasteiger partial charge is 0.306 e. The van der Waals surface area contributed by atoms with Gasteiger partial charge in [-0.05, 0) is 24.3 Å². The van der Waals surface area contributed by atoms with Crippen molar-refractivity contribution in [3.8, 4) is 5.69 Å². The SMILES string of the molecule is O=C(O)CC1CN(C(=O)c2cnn(-c3ccc(F)cc3)n2)CCO1. The lowest BCUT2D eigenvalue weighted by atomic mass is 10.2. The van der Waals surface area contributed by atoms with Gasteiger partial charge in [0, 0.05) is 13.1 Å². The summed E-state index contributed by atoms with van der Waals surface area (Å²) in [6, 6.07) is 5.56. The highest BCUT2D eigenvalue weighted by Gasteiger charge is 2.28. The van der Waals surface area contributed by atoms with Gasteiger partial charge in [0.15, 0.2) is 5.69 Å². The standard InChI is InChI=1S/C15H15FN4O4/c16-10-1-3-11(4-2-10)20-17-8-13(18-20)15(23)19-5-6-24-12(9-19)7-14(21)22/h1-4,8,12H,5-7,9H2,(H,21,22). The van der Waals surface area contributed by atoms with Gasteiger partial charge in [-0.3, -0.25) is 9.59 Å². The highest BCUT2D eigenvalue weighted by atomic mass is 19.1. The molecule has 0 bridgehead atoms. The maximum absolute atomic E-state index is 12.9. The predicted octanol–water partition coefficient (Wildman–Crippen LogP) is 0.722. The van der Waals surface area contributed by atoms with Crippen LogP contribution in [-0.4, -0.2) is 62.7 Å². The third kappa shape index (κ3) is 3.57. The second-order valence-corrected chi connectivity index (χ2v) is 5.34. The van der Waals surface area contributed by atoms with Gasteiger partial charge in [-0.2, -0.15) is 9.90 Å². The van der Waals surface area contributed by atoms with E-state index >= 15 is 0 Å². The molecule has 1 atom stereocenters. The first-order valence-electron chi connectivity index (χ1n) is 7.34. The summed E-state index contributed by atoms with van der Waals surface area (Å²) in [4.78, 5) is 26.0. The van der Waals surface area contributed by atoms with Crippen molar-refractivity contribution in [2.45, 2.75) is 12.5 Å². The zero-order valence-corrected chi connectivity index (χ0v) is 12.6. The largest absolute Gasteiger partial charge is 0.481 e. The zero-order valence-electron chi connectivity index (χ0n) is 12.6. The minimum atomic E-state index is -0.975. The normalized spacial score (nSPS) is 17.7. The molecule has 2 heterocycles. The number of ether oxygens (including phenoxy) is 1. The van der Waals surface area contributed by atoms with Crippen LogP contribution in [0.15, 0.2) is 30.5 Å². The summed E-state index contributed by atoms with van der Waals surface area (Å²) in [6.07, 6.45) is 0.631. The molecule has 1 aliphatic rings. The quantitative estimate of drug-likeness (QED) is 0.885. The molecule has 0 spiro atoms. The molecule has 24 heavy (non-hydrogen) atoms. The lowest BCUT2D eigenvalue weighted by Crippen LogP contribution is -2.46. The Balaban J connectivity index is 1.71. The number of halogens is 1. The van der Waals surface area contributed by atoms with Crippen LogP contribution in [0.3, 0.4) is 0 Å². The van der Waals surface area contributed by atoms with Gasteiger partial charge in [-0.1, -0.05) is 0 Å². The average Bonchev–Trinajstić information content (AvgIpc) is 3.04. The number of aromatic nitrogens is 3. The van der Waals surface area contributed by atoms with Gasteiger partial charge in [-0.15, -0.1) is 5.10 Å². The van der Waals surface area contributed by atoms with Gasteiger partial charge in [0.25, 0.3) is 5.91 Å². The summed E-state index contributed by atoms with van der Waals surface area (Å²) in [7, 11) is 0. The van der Waals surface area contributed by atoms with Crippen LogP contribution in [0.25, 0.3) is 5.69 Å². The topological polar surface area (TPSA) is 97.6 Å². The molecular weight excluding hydrogens is 319 g/mol. The summed E-state index contributed by atoms with van der Waals surface area (Å²) in [5, 5.41) is 16.9. The summed E-state index contributed by atoms with van der Waals surface area (Å²) >= 11 is 0. The number of carboxylic acids is 1. The lowest BCUT2D eigenvalue weighted by molar-refractivity contribution is -0.141. The average molecular weight is 334 g/mol. The third-order valence-corrected chi connectivity index (χ3v) is 3.60. The van der Waals surface area contributed by atoms with Gasteiger partial charge < -0.3 is 14.7 Å². The fourth-order valence-corrected chi connectivity index (χ4v) is 2.44. The van der Waals surface area contributed by atoms with Crippen LogP contribution < -0.4 is 0 Å². The minimum Gasteiger partial charge on any atom is -0.481 e. The van der Waals surface area contributed by atoms with Crippen LogP contribution in [-0.2, 0) is 9.53 Å². The Morgan fingerprint density at radius 2 is 2.08 bits per heavy atom. The van der Waals surface area contributed by atoms with E-state index in [9.17, 15) is 14.0 Å². The predicted molar refractivity (Wildman–Crippen MR) is 79.2 cm³/mol. The summed E-state index contributed by atoms with van der Waals surface area (Å²) in [5.74, 6) is -1.70. The molecule has 9 heteroatoms. The summed E-state index contributed by atoms with van der Waals surface area (Å²) in [6.45, 7) is 0.822. The van der Waals surface area contributed by atoms with Gasteiger partial charge in [0.05, 0.1) is 31.0 Å². The number of benzene rings is 1. The molecule has 1 aromatic carbocycles. The Morgan fingerprint density at radius 3 is 2.79 bits per heavy atom. The van der Waals surface area contributed by atoms with E-state index in [4.69, 9.17) is 9.84 Å². The van der Waals surface area contributed by atoms with E-state index in [1.807, 2.05) is 0 Å². The van der Waals surface area contributed by atoms with Crippen molar-refractivity contribution in [2.75, 3.05) is 19.7 Å². The first-order valence-corrected chi connectivity index (χ1v) is 7.34. The molecule has 1 unspecified atom stereocenters. The van der Waals surface area contributed by atoms with Crippen LogP contribution in [0, 0.1) is 5.82 Å². The molecule has 2 aromatic rings. The molecule has 1 N–H and O–H groups in total. The van der Waals surface area contributed by atoms with Gasteiger partial charge in [0.2, 0.25) is 0 Å². The Labute approximate surface area is 136 Å². The van der Waals surface area contributed by atoms with Crippen molar-refractivity contribution in [1.82, 2.24) is 19.9 Å². The van der Waals surface area contributed by atoms with E-state index < -0.39 is 12.1 Å². The molecule has 0 aliphatic carbocycles. The van der Waals surface area contributed by atoms with Crippen molar-refractivity contribution in [3.63, 3.8) is 0 Å². The third-order valence-electron chi connectivity index (χ3n) is 3.60. The second-order valence-electron chi connectivity index (χ2n) is 5.34. The number of hydrogen-bond donors (Lipinski definition) is 1. The number of rotatable bonds is 4. The summed E-state index contributed by atoms with van der Waals surface area (Å²) in [5.41, 5.74) is 0.663. The zero-order chi connectivity index (χ0) is 17.1. The van der Waals surface area contributed by atoms with Crippen molar-refractivity contribution in [3.05, 3.63) is 42.0 Å². The number of hydrogen-bond acceptors (Lipinski definition) is 5. The van der Waals surface area contributed by atoms with Crippen LogP contribution in [0.5, 0.6) is 0 Å². The summed E-state index contributed by atoms with van der Waals surface area (Å²) < 4.78 is 18.3. The minimum absolute atomic E-state index is 0.135. The fourth-order valence-electron chi connectivity index (χ4n) is 2.44. The molecule has 0 saturated carbocycles. The number of morpholine rings is 1. The number of aliphatic carboxylic acids is 1. The lowest BCUT2D eigenvalue weighted by Gasteiger charge is -2.31. The van der Waals surface area contributed by atoms with Crippen molar-refractivity contribution in [1.29, 1.82) is 0 Å². The number of carbonyl (C=O) groups excluding carboxylic acids is 1. The maximum atomic E-state index is 12.9. The van der Waals surface area contributed by atoms with Crippen LogP contribution >= 0.6 is 0 Å². The molecular formula is C15H15FN4O4. The molecule has 0 radical (unpaired) electrons. The molecule has 3 rings (SSSR count). The number of amides is 1. The van der Waals surface area contributed by atoms with Crippen molar-refractivity contribution >= 4 is 11.9 Å². The highest BCUT2D eigenvalue weighted by molar-refractivity contribution is 5.92. The Hall–Kier alpha value is -2.81. The van der Waals surface area contributed by atoms with Gasteiger partial charge in [-0.25, -0.2) is 4.39 Å². The highest BCUT2D eigenvalue weighted by Crippen LogP contribution is 2.13.